The van der Waals surface area contributed by atoms with E-state index in [2.05, 4.69) is 18.4 Å². The summed E-state index contributed by atoms with van der Waals surface area (Å²) in [5.41, 5.74) is 0.702. The van der Waals surface area contributed by atoms with E-state index in [9.17, 15) is 9.90 Å². The van der Waals surface area contributed by atoms with Crippen molar-refractivity contribution in [3.63, 3.8) is 0 Å². The van der Waals surface area contributed by atoms with Crippen LogP contribution in [0.15, 0.2) is 0 Å². The van der Waals surface area contributed by atoms with E-state index in [4.69, 9.17) is 14.5 Å². The summed E-state index contributed by atoms with van der Waals surface area (Å²) >= 11 is 0. The van der Waals surface area contributed by atoms with Gasteiger partial charge in [0, 0.05) is 6.42 Å². The fourth-order valence-corrected chi connectivity index (χ4v) is 8.69. The summed E-state index contributed by atoms with van der Waals surface area (Å²) in [5.74, 6) is 2.71. The SMILES string of the molecule is CC.CC12CCC3C(C(O)CC4CCCCC43C)C1CCC2CCCC(=O)OCOP(O)O. The first-order chi connectivity index (χ1) is 15.8. The molecule has 0 aromatic rings. The second-order valence-electron chi connectivity index (χ2n) is 11.3. The summed E-state index contributed by atoms with van der Waals surface area (Å²) < 4.78 is 9.39. The normalized spacial score (nSPS) is 41.9. The molecule has 4 aliphatic rings. The van der Waals surface area contributed by atoms with Gasteiger partial charge in [0.15, 0.2) is 0 Å². The number of aliphatic hydroxyl groups is 1. The van der Waals surface area contributed by atoms with Crippen molar-refractivity contribution in [2.24, 2.45) is 40.4 Å². The quantitative estimate of drug-likeness (QED) is 0.234. The van der Waals surface area contributed by atoms with Gasteiger partial charge in [-0.15, -0.1) is 0 Å². The van der Waals surface area contributed by atoms with Crippen molar-refractivity contribution >= 4 is 14.6 Å². The summed E-state index contributed by atoms with van der Waals surface area (Å²) in [6.07, 6.45) is 13.3. The first-order valence-electron chi connectivity index (χ1n) is 13.4. The molecule has 4 aliphatic carbocycles. The standard InChI is InChI=1S/C24H41O6P.C2H6/c1-23-12-4-3-6-17(23)14-20(25)22-18-10-9-16(24(18,2)13-11-19(22)23)7-5-8-21(26)29-15-30-31(27)28;1-2/h16-20,22,25,27-28H,3-15H2,1-2H3;1-2H3. The maximum Gasteiger partial charge on any atom is 0.330 e. The Morgan fingerprint density at radius 3 is 2.45 bits per heavy atom. The van der Waals surface area contributed by atoms with Crippen LogP contribution in [-0.2, 0) is 14.1 Å². The van der Waals surface area contributed by atoms with Crippen LogP contribution in [0.25, 0.3) is 0 Å². The Morgan fingerprint density at radius 1 is 1.00 bits per heavy atom. The van der Waals surface area contributed by atoms with E-state index >= 15 is 0 Å². The third-order valence-electron chi connectivity index (χ3n) is 10.1. The number of esters is 1. The van der Waals surface area contributed by atoms with Crippen molar-refractivity contribution in [3.8, 4) is 0 Å². The van der Waals surface area contributed by atoms with Crippen LogP contribution in [0.4, 0.5) is 0 Å². The number of ether oxygens (including phenoxy) is 1. The number of hydrogen-bond acceptors (Lipinski definition) is 6. The molecule has 0 heterocycles. The molecule has 0 radical (unpaired) electrons. The topological polar surface area (TPSA) is 96.2 Å². The minimum Gasteiger partial charge on any atom is -0.438 e. The molecule has 0 spiro atoms. The molecule has 0 bridgehead atoms. The van der Waals surface area contributed by atoms with Crippen molar-refractivity contribution in [2.45, 2.75) is 111 Å². The van der Waals surface area contributed by atoms with Crippen molar-refractivity contribution in [3.05, 3.63) is 0 Å². The van der Waals surface area contributed by atoms with E-state index in [1.165, 1.54) is 51.4 Å². The van der Waals surface area contributed by atoms with Crippen molar-refractivity contribution < 1.29 is 28.9 Å². The molecule has 0 aromatic heterocycles. The molecule has 0 saturated heterocycles. The molecule has 7 heteroatoms. The van der Waals surface area contributed by atoms with Gasteiger partial charge in [0.05, 0.1) is 6.10 Å². The lowest BCUT2D eigenvalue weighted by Gasteiger charge is -2.62. The lowest BCUT2D eigenvalue weighted by Crippen LogP contribution is -2.57. The van der Waals surface area contributed by atoms with Crippen molar-refractivity contribution in [2.75, 3.05) is 6.79 Å². The lowest BCUT2D eigenvalue weighted by atomic mass is 9.44. The minimum absolute atomic E-state index is 0.136. The highest BCUT2D eigenvalue weighted by Crippen LogP contribution is 2.67. The number of carbonyl (C=O) groups excluding carboxylic acids is 1. The van der Waals surface area contributed by atoms with Gasteiger partial charge in [0.2, 0.25) is 6.79 Å². The molecule has 4 rings (SSSR count). The first-order valence-corrected chi connectivity index (χ1v) is 14.6. The van der Waals surface area contributed by atoms with Gasteiger partial charge in [-0.25, -0.2) is 0 Å². The van der Waals surface area contributed by atoms with Crippen LogP contribution in [0, 0.1) is 40.4 Å². The molecule has 33 heavy (non-hydrogen) atoms. The van der Waals surface area contributed by atoms with Crippen molar-refractivity contribution in [1.29, 1.82) is 0 Å². The summed E-state index contributed by atoms with van der Waals surface area (Å²) in [5, 5.41) is 11.3. The summed E-state index contributed by atoms with van der Waals surface area (Å²) in [6, 6.07) is 0. The fraction of sp³-hybridized carbons (Fsp3) is 0.962. The molecule has 192 valence electrons. The molecular weight excluding hydrogens is 439 g/mol. The molecule has 3 N–H and O–H groups in total. The summed E-state index contributed by atoms with van der Waals surface area (Å²) in [6.45, 7) is 8.60. The molecule has 0 aromatic carbocycles. The van der Waals surface area contributed by atoms with Gasteiger partial charge in [0.25, 0.3) is 0 Å². The average Bonchev–Trinajstić information content (AvgIpc) is 3.11. The first kappa shape index (κ1) is 27.3. The second kappa shape index (κ2) is 11.6. The summed E-state index contributed by atoms with van der Waals surface area (Å²) in [7, 11) is -2.48. The maximum atomic E-state index is 11.9. The summed E-state index contributed by atoms with van der Waals surface area (Å²) in [4.78, 5) is 29.3. The van der Waals surface area contributed by atoms with Crippen LogP contribution < -0.4 is 0 Å². The van der Waals surface area contributed by atoms with Gasteiger partial charge in [-0.3, -0.25) is 9.32 Å². The zero-order valence-electron chi connectivity index (χ0n) is 21.2. The van der Waals surface area contributed by atoms with Crippen LogP contribution in [0.3, 0.4) is 0 Å². The monoisotopic (exact) mass is 486 g/mol. The van der Waals surface area contributed by atoms with E-state index in [0.717, 1.165) is 19.3 Å². The lowest BCUT2D eigenvalue weighted by molar-refractivity contribution is -0.162. The third-order valence-corrected chi connectivity index (χ3v) is 10.5. The van der Waals surface area contributed by atoms with E-state index in [-0.39, 0.29) is 17.5 Å². The van der Waals surface area contributed by atoms with Gasteiger partial charge in [-0.2, -0.15) is 0 Å². The molecule has 6 nitrogen and oxygen atoms in total. The predicted molar refractivity (Wildman–Crippen MR) is 130 cm³/mol. The highest BCUT2D eigenvalue weighted by molar-refractivity contribution is 7.39. The Balaban J connectivity index is 0.00000149. The number of rotatable bonds is 7. The average molecular weight is 487 g/mol. The third kappa shape index (κ3) is 5.61. The van der Waals surface area contributed by atoms with Crippen LogP contribution in [-0.4, -0.2) is 33.8 Å². The Hall–Kier alpha value is -0.260. The number of hydrogen-bond donors (Lipinski definition) is 3. The molecule has 8 unspecified atom stereocenters. The van der Waals surface area contributed by atoms with E-state index in [1.807, 2.05) is 13.8 Å². The van der Waals surface area contributed by atoms with Crippen molar-refractivity contribution in [1.82, 2.24) is 0 Å². The molecule has 4 saturated carbocycles. The largest absolute Gasteiger partial charge is 0.438 e. The number of carbonyl (C=O) groups is 1. The smallest absolute Gasteiger partial charge is 0.330 e. The molecular formula is C26H47O6P. The van der Waals surface area contributed by atoms with Gasteiger partial charge in [-0.1, -0.05) is 40.5 Å². The second-order valence-corrected chi connectivity index (χ2v) is 12.0. The fourth-order valence-electron chi connectivity index (χ4n) is 8.54. The zero-order chi connectivity index (χ0) is 24.2. The Labute approximate surface area is 201 Å². The van der Waals surface area contributed by atoms with Crippen LogP contribution in [0.1, 0.15) is 105 Å². The van der Waals surface area contributed by atoms with Crippen LogP contribution in [0.2, 0.25) is 0 Å². The van der Waals surface area contributed by atoms with Crippen LogP contribution >= 0.6 is 8.60 Å². The van der Waals surface area contributed by atoms with E-state index in [1.54, 1.807) is 0 Å². The molecule has 4 fully saturated rings. The molecule has 0 amide bonds. The van der Waals surface area contributed by atoms with E-state index < -0.39 is 15.4 Å². The molecule has 0 aliphatic heterocycles. The Bertz CT molecular complexity index is 644. The van der Waals surface area contributed by atoms with Gasteiger partial charge < -0.3 is 19.6 Å². The molecule has 8 atom stereocenters. The number of aliphatic hydroxyl groups excluding tert-OH is 1. The highest BCUT2D eigenvalue weighted by Gasteiger charge is 2.61. The predicted octanol–water partition coefficient (Wildman–Crippen LogP) is 5.93. The number of fused-ring (bicyclic) bond motifs is 5. The van der Waals surface area contributed by atoms with Gasteiger partial charge >= 0.3 is 14.6 Å². The zero-order valence-corrected chi connectivity index (χ0v) is 22.1. The maximum absolute atomic E-state index is 11.9. The minimum atomic E-state index is -2.48. The van der Waals surface area contributed by atoms with Gasteiger partial charge in [0.1, 0.15) is 0 Å². The van der Waals surface area contributed by atoms with Gasteiger partial charge in [-0.05, 0) is 98.2 Å². The van der Waals surface area contributed by atoms with E-state index in [0.29, 0.717) is 41.4 Å². The Morgan fingerprint density at radius 2 is 1.73 bits per heavy atom. The highest BCUT2D eigenvalue weighted by atomic mass is 31.2. The van der Waals surface area contributed by atoms with Crippen LogP contribution in [0.5, 0.6) is 0 Å². The Kier molecular flexibility index (Phi) is 9.65.